The fourth-order valence-corrected chi connectivity index (χ4v) is 2.36. The summed E-state index contributed by atoms with van der Waals surface area (Å²) in [5, 5.41) is 0.784. The largest absolute Gasteiger partial charge is 0.241 e. The number of benzene rings is 1. The molecule has 18 heavy (non-hydrogen) atoms. The summed E-state index contributed by atoms with van der Waals surface area (Å²) in [6.45, 7) is 1.94. The van der Waals surface area contributed by atoms with Crippen molar-refractivity contribution in [2.45, 2.75) is 18.7 Å². The van der Waals surface area contributed by atoms with Gasteiger partial charge in [0.15, 0.2) is 0 Å². The molecule has 0 spiro atoms. The van der Waals surface area contributed by atoms with Gasteiger partial charge in [-0.1, -0.05) is 39.7 Å². The molecule has 0 aliphatic rings. The highest BCUT2D eigenvalue weighted by molar-refractivity contribution is 9.08. The van der Waals surface area contributed by atoms with E-state index in [9.17, 15) is 4.39 Å². The Bertz CT molecular complexity index is 575. The van der Waals surface area contributed by atoms with Gasteiger partial charge in [0, 0.05) is 17.9 Å². The highest BCUT2D eigenvalue weighted by Crippen LogP contribution is 2.20. The van der Waals surface area contributed by atoms with Crippen molar-refractivity contribution in [3.63, 3.8) is 0 Å². The quantitative estimate of drug-likeness (QED) is 0.794. The molecule has 2 nitrogen and oxygen atoms in total. The third-order valence-corrected chi connectivity index (χ3v) is 3.46. The van der Waals surface area contributed by atoms with Gasteiger partial charge in [-0.15, -0.1) is 0 Å². The second-order valence-electron chi connectivity index (χ2n) is 3.94. The molecule has 0 unspecified atom stereocenters. The molecule has 1 heterocycles. The van der Waals surface area contributed by atoms with Gasteiger partial charge in [0.25, 0.3) is 0 Å². The summed E-state index contributed by atoms with van der Waals surface area (Å²) >= 11 is 9.11. The van der Waals surface area contributed by atoms with E-state index in [4.69, 9.17) is 11.6 Å². The van der Waals surface area contributed by atoms with Crippen LogP contribution in [0, 0.1) is 12.7 Å². The summed E-state index contributed by atoms with van der Waals surface area (Å²) < 4.78 is 13.8. The molecule has 0 saturated heterocycles. The highest BCUT2D eigenvalue weighted by atomic mass is 79.9. The molecule has 94 valence electrons. The fraction of sp³-hybridized carbons (Fsp3) is 0.231. The van der Waals surface area contributed by atoms with Crippen molar-refractivity contribution >= 4 is 27.5 Å². The van der Waals surface area contributed by atoms with Crippen molar-refractivity contribution in [2.75, 3.05) is 0 Å². The molecule has 0 aliphatic heterocycles. The molecule has 0 fully saturated rings. The van der Waals surface area contributed by atoms with E-state index in [0.717, 1.165) is 11.3 Å². The average Bonchev–Trinajstić information content (AvgIpc) is 2.37. The maximum Gasteiger partial charge on any atom is 0.145 e. The normalized spacial score (nSPS) is 10.7. The molecular formula is C13H11BrClFN2. The predicted molar refractivity (Wildman–Crippen MR) is 73.6 cm³/mol. The number of rotatable bonds is 3. The molecule has 0 amide bonds. The molecule has 0 N–H and O–H groups in total. The number of hydrogen-bond acceptors (Lipinski definition) is 2. The van der Waals surface area contributed by atoms with E-state index in [1.807, 2.05) is 6.92 Å². The molecule has 0 aliphatic carbocycles. The van der Waals surface area contributed by atoms with Crippen LogP contribution in [0.2, 0.25) is 5.02 Å². The molecule has 1 aromatic carbocycles. The summed E-state index contributed by atoms with van der Waals surface area (Å²) in [6, 6.07) is 4.94. The first-order valence-corrected chi connectivity index (χ1v) is 6.92. The van der Waals surface area contributed by atoms with Crippen molar-refractivity contribution in [2.24, 2.45) is 0 Å². The van der Waals surface area contributed by atoms with Crippen LogP contribution in [0.3, 0.4) is 0 Å². The van der Waals surface area contributed by atoms with Crippen LogP contribution in [-0.4, -0.2) is 9.97 Å². The summed E-state index contributed by atoms with van der Waals surface area (Å²) in [4.78, 5) is 8.60. The number of nitrogens with zero attached hydrogens (tertiary/aromatic N) is 2. The van der Waals surface area contributed by atoms with Gasteiger partial charge in [0.2, 0.25) is 0 Å². The summed E-state index contributed by atoms with van der Waals surface area (Å²) in [5.74, 6) is 0.194. The summed E-state index contributed by atoms with van der Waals surface area (Å²) in [6.07, 6.45) is 2.09. The van der Waals surface area contributed by atoms with Crippen LogP contribution >= 0.6 is 27.5 Å². The zero-order chi connectivity index (χ0) is 13.1. The zero-order valence-corrected chi connectivity index (χ0v) is 12.1. The van der Waals surface area contributed by atoms with Crippen LogP contribution in [0.1, 0.15) is 22.6 Å². The lowest BCUT2D eigenvalue weighted by Crippen LogP contribution is -2.03. The van der Waals surface area contributed by atoms with E-state index < -0.39 is 5.82 Å². The zero-order valence-electron chi connectivity index (χ0n) is 9.75. The Labute approximate surface area is 118 Å². The minimum atomic E-state index is -0.399. The number of aryl methyl sites for hydroxylation is 1. The minimum Gasteiger partial charge on any atom is -0.241 e. The van der Waals surface area contributed by atoms with Crippen molar-refractivity contribution in [3.05, 3.63) is 57.9 Å². The average molecular weight is 330 g/mol. The van der Waals surface area contributed by atoms with Gasteiger partial charge in [-0.05, 0) is 24.1 Å². The Kier molecular flexibility index (Phi) is 4.30. The van der Waals surface area contributed by atoms with Crippen LogP contribution < -0.4 is 0 Å². The second-order valence-corrected chi connectivity index (χ2v) is 4.91. The van der Waals surface area contributed by atoms with Gasteiger partial charge in [0.05, 0.1) is 10.7 Å². The Balaban J connectivity index is 2.31. The molecule has 0 saturated carbocycles. The van der Waals surface area contributed by atoms with Crippen LogP contribution in [0.15, 0.2) is 24.4 Å². The van der Waals surface area contributed by atoms with Crippen molar-refractivity contribution in [1.82, 2.24) is 9.97 Å². The number of halogens is 3. The van der Waals surface area contributed by atoms with Crippen molar-refractivity contribution in [3.8, 4) is 0 Å². The standard InChI is InChI=1S/C13H11BrClFN2/c1-8-7-17-12(18-11(8)6-14)5-9-3-2-4-10(15)13(9)16/h2-4,7H,5-6H2,1H3. The third kappa shape index (κ3) is 2.87. The third-order valence-electron chi connectivity index (χ3n) is 2.63. The maximum atomic E-state index is 13.8. The van der Waals surface area contributed by atoms with Crippen molar-refractivity contribution < 1.29 is 4.39 Å². The Hall–Kier alpha value is -1.00. The molecule has 0 atom stereocenters. The fourth-order valence-electron chi connectivity index (χ4n) is 1.59. The van der Waals surface area contributed by atoms with E-state index in [2.05, 4.69) is 25.9 Å². The first kappa shape index (κ1) is 13.4. The van der Waals surface area contributed by atoms with Gasteiger partial charge in [-0.3, -0.25) is 0 Å². The van der Waals surface area contributed by atoms with Gasteiger partial charge in [0.1, 0.15) is 11.6 Å². The summed E-state index contributed by atoms with van der Waals surface area (Å²) in [7, 11) is 0. The molecule has 2 aromatic rings. The topological polar surface area (TPSA) is 25.8 Å². The number of alkyl halides is 1. The molecule has 0 radical (unpaired) electrons. The van der Waals surface area contributed by atoms with E-state index in [-0.39, 0.29) is 5.02 Å². The minimum absolute atomic E-state index is 0.125. The number of aromatic nitrogens is 2. The Morgan fingerprint density at radius 1 is 1.39 bits per heavy atom. The van der Waals surface area contributed by atoms with Crippen LogP contribution in [0.5, 0.6) is 0 Å². The van der Waals surface area contributed by atoms with E-state index >= 15 is 0 Å². The van der Waals surface area contributed by atoms with Crippen molar-refractivity contribution in [1.29, 1.82) is 0 Å². The first-order chi connectivity index (χ1) is 8.61. The van der Waals surface area contributed by atoms with Gasteiger partial charge < -0.3 is 0 Å². The lowest BCUT2D eigenvalue weighted by molar-refractivity contribution is 0.612. The van der Waals surface area contributed by atoms with Gasteiger partial charge >= 0.3 is 0 Å². The van der Waals surface area contributed by atoms with Crippen LogP contribution in [0.4, 0.5) is 4.39 Å². The van der Waals surface area contributed by atoms with E-state index in [0.29, 0.717) is 23.1 Å². The van der Waals surface area contributed by atoms with E-state index in [1.165, 1.54) is 6.07 Å². The second kappa shape index (κ2) is 5.76. The summed E-state index contributed by atoms with van der Waals surface area (Å²) in [5.41, 5.74) is 2.44. The molecule has 1 aromatic heterocycles. The van der Waals surface area contributed by atoms with Crippen LogP contribution in [0.25, 0.3) is 0 Å². The predicted octanol–water partition coefficient (Wildman–Crippen LogP) is 4.06. The molecule has 5 heteroatoms. The Morgan fingerprint density at radius 3 is 2.89 bits per heavy atom. The SMILES string of the molecule is Cc1cnc(Cc2cccc(Cl)c2F)nc1CBr. The van der Waals surface area contributed by atoms with Gasteiger partial charge in [-0.2, -0.15) is 0 Å². The lowest BCUT2D eigenvalue weighted by atomic mass is 10.1. The molecular weight excluding hydrogens is 319 g/mol. The van der Waals surface area contributed by atoms with E-state index in [1.54, 1.807) is 18.3 Å². The monoisotopic (exact) mass is 328 g/mol. The molecule has 0 bridgehead atoms. The smallest absolute Gasteiger partial charge is 0.145 e. The van der Waals surface area contributed by atoms with Gasteiger partial charge in [-0.25, -0.2) is 14.4 Å². The lowest BCUT2D eigenvalue weighted by Gasteiger charge is -2.06. The highest BCUT2D eigenvalue weighted by Gasteiger charge is 2.09. The Morgan fingerprint density at radius 2 is 2.17 bits per heavy atom. The van der Waals surface area contributed by atoms with Crippen LogP contribution in [-0.2, 0) is 11.8 Å². The number of hydrogen-bond donors (Lipinski definition) is 0. The first-order valence-electron chi connectivity index (χ1n) is 5.42. The maximum absolute atomic E-state index is 13.8. The molecule has 2 rings (SSSR count).